The summed E-state index contributed by atoms with van der Waals surface area (Å²) in [6, 6.07) is 10.9. The van der Waals surface area contributed by atoms with Gasteiger partial charge >= 0.3 is 12.1 Å². The van der Waals surface area contributed by atoms with Gasteiger partial charge in [0.25, 0.3) is 0 Å². The van der Waals surface area contributed by atoms with Gasteiger partial charge in [0.05, 0.1) is 31.9 Å². The van der Waals surface area contributed by atoms with Crippen LogP contribution in [-0.4, -0.2) is 47.5 Å². The Morgan fingerprint density at radius 1 is 1.16 bits per heavy atom. The number of aromatic nitrogens is 2. The summed E-state index contributed by atoms with van der Waals surface area (Å²) in [5.74, 6) is 0.211. The maximum absolute atomic E-state index is 12.2. The zero-order valence-electron chi connectivity index (χ0n) is 18.3. The molecule has 0 fully saturated rings. The Balaban J connectivity index is 1.82. The minimum absolute atomic E-state index is 0.164. The molecule has 0 bridgehead atoms. The van der Waals surface area contributed by atoms with E-state index in [1.165, 1.54) is 7.11 Å². The summed E-state index contributed by atoms with van der Waals surface area (Å²) in [5, 5.41) is 4.63. The number of benzene rings is 2. The lowest BCUT2D eigenvalue weighted by molar-refractivity contribution is -0.143. The standard InChI is InChI=1S/C23H27N3O5/c1-23(2,3)31-22(28)25-19(21(27)30-5)12-16-13-26(14-24-16)20-8-6-7-15-11-17(29-4)9-10-18(15)20/h6-11,13-14,19H,12H2,1-5H3,(H,25,28)/t19-/m0/s1. The molecule has 0 aliphatic carbocycles. The van der Waals surface area contributed by atoms with E-state index >= 15 is 0 Å². The van der Waals surface area contributed by atoms with Crippen molar-refractivity contribution in [2.75, 3.05) is 14.2 Å². The monoisotopic (exact) mass is 425 g/mol. The molecule has 31 heavy (non-hydrogen) atoms. The number of amides is 1. The van der Waals surface area contributed by atoms with Crippen LogP contribution < -0.4 is 10.1 Å². The molecular formula is C23H27N3O5. The van der Waals surface area contributed by atoms with Crippen molar-refractivity contribution in [1.29, 1.82) is 0 Å². The molecule has 0 aliphatic heterocycles. The summed E-state index contributed by atoms with van der Waals surface area (Å²) in [5.41, 5.74) is 0.884. The van der Waals surface area contributed by atoms with Gasteiger partial charge in [-0.1, -0.05) is 12.1 Å². The first-order chi connectivity index (χ1) is 14.7. The van der Waals surface area contributed by atoms with Crippen molar-refractivity contribution in [2.45, 2.75) is 38.8 Å². The first-order valence-electron chi connectivity index (χ1n) is 9.87. The van der Waals surface area contributed by atoms with Gasteiger partial charge < -0.3 is 24.1 Å². The van der Waals surface area contributed by atoms with Gasteiger partial charge in [-0.15, -0.1) is 0 Å². The molecule has 1 atom stereocenters. The number of carbonyl (C=O) groups is 2. The highest BCUT2D eigenvalue weighted by atomic mass is 16.6. The number of hydrogen-bond acceptors (Lipinski definition) is 6. The van der Waals surface area contributed by atoms with Crippen LogP contribution in [0.2, 0.25) is 0 Å². The molecule has 1 aromatic heterocycles. The van der Waals surface area contributed by atoms with Crippen LogP contribution in [0, 0.1) is 0 Å². The van der Waals surface area contributed by atoms with Crippen molar-refractivity contribution in [3.63, 3.8) is 0 Å². The molecule has 0 unspecified atom stereocenters. The number of methoxy groups -OCH3 is 2. The van der Waals surface area contributed by atoms with Gasteiger partial charge in [-0.05, 0) is 50.4 Å². The normalized spacial score (nSPS) is 12.3. The summed E-state index contributed by atoms with van der Waals surface area (Å²) in [7, 11) is 2.91. The molecule has 1 amide bonds. The molecule has 0 radical (unpaired) electrons. The van der Waals surface area contributed by atoms with E-state index in [1.54, 1.807) is 34.2 Å². The molecule has 0 spiro atoms. The molecule has 8 heteroatoms. The first kappa shape index (κ1) is 22.1. The zero-order valence-corrected chi connectivity index (χ0v) is 18.3. The summed E-state index contributed by atoms with van der Waals surface area (Å²) < 4.78 is 17.3. The Bertz CT molecular complexity index is 1080. The highest BCUT2D eigenvalue weighted by Crippen LogP contribution is 2.26. The van der Waals surface area contributed by atoms with Gasteiger partial charge in [-0.3, -0.25) is 0 Å². The third-order valence-corrected chi connectivity index (χ3v) is 4.57. The van der Waals surface area contributed by atoms with Crippen LogP contribution in [0.25, 0.3) is 16.5 Å². The second kappa shape index (κ2) is 9.07. The van der Waals surface area contributed by atoms with Crippen molar-refractivity contribution in [3.05, 3.63) is 54.6 Å². The van der Waals surface area contributed by atoms with Gasteiger partial charge in [0.1, 0.15) is 17.4 Å². The molecule has 2 aromatic carbocycles. The van der Waals surface area contributed by atoms with E-state index in [4.69, 9.17) is 14.2 Å². The maximum atomic E-state index is 12.2. The first-order valence-corrected chi connectivity index (χ1v) is 9.87. The predicted molar refractivity (Wildman–Crippen MR) is 116 cm³/mol. The van der Waals surface area contributed by atoms with E-state index in [1.807, 2.05) is 47.2 Å². The van der Waals surface area contributed by atoms with Crippen LogP contribution in [0.4, 0.5) is 4.79 Å². The highest BCUT2D eigenvalue weighted by Gasteiger charge is 2.26. The van der Waals surface area contributed by atoms with Crippen LogP contribution in [0.3, 0.4) is 0 Å². The number of esters is 1. The van der Waals surface area contributed by atoms with Crippen LogP contribution in [-0.2, 0) is 20.7 Å². The number of nitrogens with one attached hydrogen (secondary N) is 1. The lowest BCUT2D eigenvalue weighted by Gasteiger charge is -2.22. The van der Waals surface area contributed by atoms with Gasteiger partial charge in [0, 0.05) is 18.0 Å². The third-order valence-electron chi connectivity index (χ3n) is 4.57. The van der Waals surface area contributed by atoms with Crippen molar-refractivity contribution in [2.24, 2.45) is 0 Å². The molecular weight excluding hydrogens is 398 g/mol. The number of hydrogen-bond donors (Lipinski definition) is 1. The number of carbonyl (C=O) groups excluding carboxylic acids is 2. The van der Waals surface area contributed by atoms with Crippen molar-refractivity contribution in [3.8, 4) is 11.4 Å². The van der Waals surface area contributed by atoms with Crippen molar-refractivity contribution < 1.29 is 23.8 Å². The summed E-state index contributed by atoms with van der Waals surface area (Å²) in [4.78, 5) is 28.7. The minimum atomic E-state index is -0.917. The topological polar surface area (TPSA) is 91.7 Å². The van der Waals surface area contributed by atoms with Gasteiger partial charge in [0.15, 0.2) is 0 Å². The molecule has 0 aliphatic rings. The molecule has 3 rings (SSSR count). The second-order valence-electron chi connectivity index (χ2n) is 8.06. The zero-order chi connectivity index (χ0) is 22.6. The number of alkyl carbamates (subject to hydrolysis) is 1. The molecule has 1 heterocycles. The predicted octanol–water partition coefficient (Wildman–Crippen LogP) is 3.64. The Labute approximate surface area is 181 Å². The summed E-state index contributed by atoms with van der Waals surface area (Å²) >= 11 is 0. The van der Waals surface area contributed by atoms with E-state index < -0.39 is 23.7 Å². The average molecular weight is 425 g/mol. The number of ether oxygens (including phenoxy) is 3. The van der Waals surface area contributed by atoms with Crippen LogP contribution >= 0.6 is 0 Å². The molecule has 3 aromatic rings. The van der Waals surface area contributed by atoms with Crippen LogP contribution in [0.15, 0.2) is 48.9 Å². The third kappa shape index (κ3) is 5.53. The second-order valence-corrected chi connectivity index (χ2v) is 8.06. The fourth-order valence-electron chi connectivity index (χ4n) is 3.19. The number of fused-ring (bicyclic) bond motifs is 1. The van der Waals surface area contributed by atoms with Crippen molar-refractivity contribution >= 4 is 22.8 Å². The van der Waals surface area contributed by atoms with Gasteiger partial charge in [-0.2, -0.15) is 0 Å². The van der Waals surface area contributed by atoms with E-state index in [2.05, 4.69) is 10.3 Å². The molecule has 0 saturated carbocycles. The van der Waals surface area contributed by atoms with Crippen LogP contribution in [0.5, 0.6) is 5.75 Å². The van der Waals surface area contributed by atoms with Gasteiger partial charge in [0.2, 0.25) is 0 Å². The Morgan fingerprint density at radius 3 is 2.61 bits per heavy atom. The quantitative estimate of drug-likeness (QED) is 0.606. The SMILES string of the molecule is COC(=O)[C@H](Cc1cn(-c2cccc3cc(OC)ccc23)cn1)NC(=O)OC(C)(C)C. The Hall–Kier alpha value is -3.55. The molecule has 1 N–H and O–H groups in total. The van der Waals surface area contributed by atoms with E-state index in [0.717, 1.165) is 22.2 Å². The van der Waals surface area contributed by atoms with Crippen molar-refractivity contribution in [1.82, 2.24) is 14.9 Å². The Kier molecular flexibility index (Phi) is 6.48. The fraction of sp³-hybridized carbons (Fsp3) is 0.348. The lowest BCUT2D eigenvalue weighted by atomic mass is 10.1. The largest absolute Gasteiger partial charge is 0.497 e. The average Bonchev–Trinajstić information content (AvgIpc) is 3.18. The number of nitrogens with zero attached hydrogens (tertiary/aromatic N) is 2. The summed E-state index contributed by atoms with van der Waals surface area (Å²) in [6.07, 6.45) is 2.98. The maximum Gasteiger partial charge on any atom is 0.408 e. The number of imidazole rings is 1. The fourth-order valence-corrected chi connectivity index (χ4v) is 3.19. The van der Waals surface area contributed by atoms with Gasteiger partial charge in [-0.25, -0.2) is 14.6 Å². The smallest absolute Gasteiger partial charge is 0.408 e. The van der Waals surface area contributed by atoms with Crippen LogP contribution in [0.1, 0.15) is 26.5 Å². The minimum Gasteiger partial charge on any atom is -0.497 e. The van der Waals surface area contributed by atoms with E-state index in [-0.39, 0.29) is 6.42 Å². The number of rotatable bonds is 6. The Morgan fingerprint density at radius 2 is 1.94 bits per heavy atom. The van der Waals surface area contributed by atoms with E-state index in [9.17, 15) is 9.59 Å². The lowest BCUT2D eigenvalue weighted by Crippen LogP contribution is -2.45. The summed E-state index contributed by atoms with van der Waals surface area (Å²) in [6.45, 7) is 5.25. The molecule has 164 valence electrons. The van der Waals surface area contributed by atoms with E-state index in [0.29, 0.717) is 5.69 Å². The highest BCUT2D eigenvalue weighted by molar-refractivity contribution is 5.91. The molecule has 0 saturated heterocycles. The molecule has 8 nitrogen and oxygen atoms in total.